The Morgan fingerprint density at radius 2 is 1.92 bits per heavy atom. The van der Waals surface area contributed by atoms with Gasteiger partial charge < -0.3 is 9.47 Å². The molecule has 0 bridgehead atoms. The zero-order valence-electron chi connectivity index (χ0n) is 13.9. The average molecular weight is 328 g/mol. The number of pyridine rings is 1. The summed E-state index contributed by atoms with van der Waals surface area (Å²) < 4.78 is 13.9. The minimum absolute atomic E-state index is 0.141. The Labute approximate surface area is 142 Å². The van der Waals surface area contributed by atoms with Crippen LogP contribution in [0.15, 0.2) is 36.8 Å². The van der Waals surface area contributed by atoms with Crippen molar-refractivity contribution in [3.05, 3.63) is 48.0 Å². The Kier molecular flexibility index (Phi) is 4.87. The van der Waals surface area contributed by atoms with E-state index in [1.807, 2.05) is 30.7 Å². The second-order valence-corrected chi connectivity index (χ2v) is 6.57. The van der Waals surface area contributed by atoms with Gasteiger partial charge in [-0.3, -0.25) is 14.6 Å². The maximum Gasteiger partial charge on any atom is 0.0902 e. The fourth-order valence-corrected chi connectivity index (χ4v) is 3.57. The lowest BCUT2D eigenvalue weighted by Crippen LogP contribution is -2.42. The van der Waals surface area contributed by atoms with Gasteiger partial charge in [0.05, 0.1) is 24.9 Å². The molecule has 4 heterocycles. The molecule has 2 aliphatic rings. The number of aromatic nitrogens is 3. The normalized spacial score (nSPS) is 22.9. The molecular weight excluding hydrogens is 304 g/mol. The lowest BCUT2D eigenvalue weighted by atomic mass is 10.1. The standard InChI is InChI=1S/C18H24N4O2/c1-6-19-7-2-15(1)14-24-18-12-21(16-4-9-23-10-5-16)11-17-3-8-20-22(17)13-18/h1-3,6-8,16,18H,4-5,9-14H2. The van der Waals surface area contributed by atoms with Gasteiger partial charge >= 0.3 is 0 Å². The molecule has 6 heteroatoms. The van der Waals surface area contributed by atoms with Crippen LogP contribution in [-0.4, -0.2) is 51.6 Å². The first kappa shape index (κ1) is 15.7. The highest BCUT2D eigenvalue weighted by molar-refractivity contribution is 5.08. The van der Waals surface area contributed by atoms with Gasteiger partial charge in [-0.1, -0.05) is 0 Å². The molecule has 0 N–H and O–H groups in total. The Hall–Kier alpha value is -1.76. The molecule has 128 valence electrons. The largest absolute Gasteiger partial charge is 0.381 e. The van der Waals surface area contributed by atoms with Gasteiger partial charge in [0.1, 0.15) is 0 Å². The molecule has 0 amide bonds. The van der Waals surface area contributed by atoms with Crippen LogP contribution in [0, 0.1) is 0 Å². The van der Waals surface area contributed by atoms with Crippen molar-refractivity contribution < 1.29 is 9.47 Å². The summed E-state index contributed by atoms with van der Waals surface area (Å²) in [7, 11) is 0. The predicted octanol–water partition coefficient (Wildman–Crippen LogP) is 1.86. The quantitative estimate of drug-likeness (QED) is 0.857. The highest BCUT2D eigenvalue weighted by Crippen LogP contribution is 2.22. The number of nitrogens with zero attached hydrogens (tertiary/aromatic N) is 4. The number of rotatable bonds is 4. The Balaban J connectivity index is 1.46. The van der Waals surface area contributed by atoms with Gasteiger partial charge in [-0.2, -0.15) is 5.10 Å². The van der Waals surface area contributed by atoms with Crippen molar-refractivity contribution in [2.24, 2.45) is 0 Å². The number of hydrogen-bond acceptors (Lipinski definition) is 5. The van der Waals surface area contributed by atoms with Crippen molar-refractivity contribution in [1.82, 2.24) is 19.7 Å². The highest BCUT2D eigenvalue weighted by Gasteiger charge is 2.28. The zero-order chi connectivity index (χ0) is 16.2. The van der Waals surface area contributed by atoms with Crippen LogP contribution in [0.3, 0.4) is 0 Å². The Morgan fingerprint density at radius 3 is 2.75 bits per heavy atom. The van der Waals surface area contributed by atoms with Gasteiger partial charge in [-0.15, -0.1) is 0 Å². The van der Waals surface area contributed by atoms with Gasteiger partial charge in [0, 0.05) is 50.9 Å². The van der Waals surface area contributed by atoms with Crippen LogP contribution >= 0.6 is 0 Å². The summed E-state index contributed by atoms with van der Waals surface area (Å²) >= 11 is 0. The van der Waals surface area contributed by atoms with E-state index in [1.165, 1.54) is 5.69 Å². The molecule has 0 radical (unpaired) electrons. The fourth-order valence-electron chi connectivity index (χ4n) is 3.57. The van der Waals surface area contributed by atoms with Gasteiger partial charge in [0.2, 0.25) is 0 Å². The van der Waals surface area contributed by atoms with E-state index in [1.54, 1.807) is 0 Å². The topological polar surface area (TPSA) is 52.4 Å². The minimum atomic E-state index is 0.141. The molecule has 0 aliphatic carbocycles. The third kappa shape index (κ3) is 3.66. The van der Waals surface area contributed by atoms with Gasteiger partial charge in [0.15, 0.2) is 0 Å². The van der Waals surface area contributed by atoms with Crippen molar-refractivity contribution in [3.63, 3.8) is 0 Å². The van der Waals surface area contributed by atoms with Gasteiger partial charge in [0.25, 0.3) is 0 Å². The lowest BCUT2D eigenvalue weighted by Gasteiger charge is -2.34. The van der Waals surface area contributed by atoms with E-state index >= 15 is 0 Å². The molecule has 1 fully saturated rings. The lowest BCUT2D eigenvalue weighted by molar-refractivity contribution is -0.0199. The maximum absolute atomic E-state index is 6.23. The van der Waals surface area contributed by atoms with E-state index in [4.69, 9.17) is 9.47 Å². The van der Waals surface area contributed by atoms with Crippen LogP contribution in [-0.2, 0) is 29.2 Å². The van der Waals surface area contributed by atoms with Crippen LogP contribution in [0.5, 0.6) is 0 Å². The summed E-state index contributed by atoms with van der Waals surface area (Å²) in [5, 5.41) is 4.48. The third-order valence-electron chi connectivity index (χ3n) is 4.93. The molecule has 0 saturated carbocycles. The second kappa shape index (κ2) is 7.42. The smallest absolute Gasteiger partial charge is 0.0902 e. The molecular formula is C18H24N4O2. The van der Waals surface area contributed by atoms with E-state index in [0.29, 0.717) is 12.6 Å². The van der Waals surface area contributed by atoms with Crippen molar-refractivity contribution in [1.29, 1.82) is 0 Å². The summed E-state index contributed by atoms with van der Waals surface area (Å²) in [6, 6.07) is 6.71. The zero-order valence-corrected chi connectivity index (χ0v) is 13.9. The molecule has 2 aliphatic heterocycles. The van der Waals surface area contributed by atoms with E-state index in [2.05, 4.69) is 25.7 Å². The SMILES string of the molecule is c1cc(COC2CN(C3CCOCC3)Cc3ccnn3C2)ccn1. The number of hydrogen-bond donors (Lipinski definition) is 0. The van der Waals surface area contributed by atoms with Crippen molar-refractivity contribution in [3.8, 4) is 0 Å². The van der Waals surface area contributed by atoms with E-state index in [9.17, 15) is 0 Å². The monoisotopic (exact) mass is 328 g/mol. The third-order valence-corrected chi connectivity index (χ3v) is 4.93. The minimum Gasteiger partial charge on any atom is -0.381 e. The van der Waals surface area contributed by atoms with Crippen LogP contribution in [0.2, 0.25) is 0 Å². The fraction of sp³-hybridized carbons (Fsp3) is 0.556. The van der Waals surface area contributed by atoms with Crippen LogP contribution in [0.1, 0.15) is 24.1 Å². The van der Waals surface area contributed by atoms with Gasteiger partial charge in [-0.05, 0) is 36.6 Å². The first-order valence-electron chi connectivity index (χ1n) is 8.71. The van der Waals surface area contributed by atoms with Crippen molar-refractivity contribution in [2.75, 3.05) is 19.8 Å². The first-order chi connectivity index (χ1) is 11.9. The second-order valence-electron chi connectivity index (χ2n) is 6.57. The number of fused-ring (bicyclic) bond motifs is 1. The van der Waals surface area contributed by atoms with Crippen molar-refractivity contribution >= 4 is 0 Å². The summed E-state index contributed by atoms with van der Waals surface area (Å²) in [4.78, 5) is 6.62. The van der Waals surface area contributed by atoms with Crippen LogP contribution < -0.4 is 0 Å². The van der Waals surface area contributed by atoms with Crippen LogP contribution in [0.4, 0.5) is 0 Å². The maximum atomic E-state index is 6.23. The molecule has 2 aromatic heterocycles. The van der Waals surface area contributed by atoms with E-state index in [-0.39, 0.29) is 6.10 Å². The molecule has 1 saturated heterocycles. The van der Waals surface area contributed by atoms with E-state index in [0.717, 1.165) is 51.3 Å². The summed E-state index contributed by atoms with van der Waals surface area (Å²) in [5.41, 5.74) is 2.43. The molecule has 0 spiro atoms. The Morgan fingerprint density at radius 1 is 1.08 bits per heavy atom. The molecule has 6 nitrogen and oxygen atoms in total. The molecule has 1 atom stereocenters. The predicted molar refractivity (Wildman–Crippen MR) is 89.3 cm³/mol. The molecule has 24 heavy (non-hydrogen) atoms. The molecule has 0 aromatic carbocycles. The average Bonchev–Trinajstić information content (AvgIpc) is 2.99. The van der Waals surface area contributed by atoms with Crippen LogP contribution in [0.25, 0.3) is 0 Å². The molecule has 2 aromatic rings. The van der Waals surface area contributed by atoms with Gasteiger partial charge in [-0.25, -0.2) is 0 Å². The highest BCUT2D eigenvalue weighted by atomic mass is 16.5. The Bertz CT molecular complexity index is 639. The summed E-state index contributed by atoms with van der Waals surface area (Å²) in [6.07, 6.45) is 7.86. The summed E-state index contributed by atoms with van der Waals surface area (Å²) in [6.45, 7) is 5.05. The van der Waals surface area contributed by atoms with Crippen molar-refractivity contribution in [2.45, 2.75) is 44.7 Å². The number of ether oxygens (including phenoxy) is 2. The molecule has 1 unspecified atom stereocenters. The first-order valence-corrected chi connectivity index (χ1v) is 8.71. The molecule has 4 rings (SSSR count). The summed E-state index contributed by atoms with van der Waals surface area (Å²) in [5.74, 6) is 0. The van der Waals surface area contributed by atoms with E-state index < -0.39 is 0 Å².